The molecule has 0 heterocycles. The van der Waals surface area contributed by atoms with E-state index in [1.165, 1.54) is 24.8 Å². The molecule has 1 aromatic rings. The Morgan fingerprint density at radius 2 is 1.83 bits per heavy atom. The van der Waals surface area contributed by atoms with Crippen molar-refractivity contribution in [3.8, 4) is 0 Å². The summed E-state index contributed by atoms with van der Waals surface area (Å²) >= 11 is 0. The maximum atomic E-state index is 2.44. The molecule has 1 fully saturated rings. The normalized spacial score (nSPS) is 19.3. The van der Waals surface area contributed by atoms with Gasteiger partial charge >= 0.3 is 0 Å². The van der Waals surface area contributed by atoms with Crippen LogP contribution < -0.4 is 0 Å². The van der Waals surface area contributed by atoms with Crippen molar-refractivity contribution in [1.29, 1.82) is 0 Å². The second-order valence-corrected chi connectivity index (χ2v) is 3.35. The van der Waals surface area contributed by atoms with E-state index in [0.29, 0.717) is 5.92 Å². The molecular formula is C12H14. The van der Waals surface area contributed by atoms with E-state index in [1.54, 1.807) is 0 Å². The second kappa shape index (κ2) is 3.75. The van der Waals surface area contributed by atoms with Gasteiger partial charge in [-0.3, -0.25) is 0 Å². The average Bonchev–Trinajstić information content (AvgIpc) is 2.21. The van der Waals surface area contributed by atoms with Crippen LogP contribution in [0.3, 0.4) is 0 Å². The van der Waals surface area contributed by atoms with E-state index in [1.807, 2.05) is 0 Å². The Morgan fingerprint density at radius 3 is 2.50 bits per heavy atom. The third-order valence-electron chi connectivity index (χ3n) is 2.47. The SMILES string of the molecule is [CH]1CC[CH]C(c2ccccc2)C1. The van der Waals surface area contributed by atoms with Crippen LogP contribution in [-0.2, 0) is 0 Å². The molecule has 62 valence electrons. The first-order chi connectivity index (χ1) is 5.97. The quantitative estimate of drug-likeness (QED) is 0.588. The van der Waals surface area contributed by atoms with Gasteiger partial charge in [0.25, 0.3) is 0 Å². The molecule has 0 bridgehead atoms. The van der Waals surface area contributed by atoms with Gasteiger partial charge in [0, 0.05) is 0 Å². The molecule has 2 radical (unpaired) electrons. The van der Waals surface area contributed by atoms with Crippen LogP contribution in [0, 0.1) is 12.8 Å². The predicted molar refractivity (Wildman–Crippen MR) is 51.6 cm³/mol. The lowest BCUT2D eigenvalue weighted by Crippen LogP contribution is -2.05. The first-order valence-electron chi connectivity index (χ1n) is 4.67. The molecule has 0 N–H and O–H groups in total. The minimum absolute atomic E-state index is 0.681. The standard InChI is InChI=1S/C12H14/c1-3-7-11(8-4-1)12-9-5-2-6-10-12/h1,3-5,7-8,10,12H,2,6,9H2. The first-order valence-corrected chi connectivity index (χ1v) is 4.67. The largest absolute Gasteiger partial charge is 0.0622 e. The number of hydrogen-bond donors (Lipinski definition) is 0. The highest BCUT2D eigenvalue weighted by atomic mass is 14.2. The lowest BCUT2D eigenvalue weighted by molar-refractivity contribution is 0.632. The van der Waals surface area contributed by atoms with E-state index in [-0.39, 0.29) is 0 Å². The highest BCUT2D eigenvalue weighted by Crippen LogP contribution is 2.30. The monoisotopic (exact) mass is 158 g/mol. The highest BCUT2D eigenvalue weighted by molar-refractivity contribution is 5.23. The molecule has 0 aliphatic heterocycles. The van der Waals surface area contributed by atoms with Crippen molar-refractivity contribution < 1.29 is 0 Å². The topological polar surface area (TPSA) is 0 Å². The molecule has 2 rings (SSSR count). The third-order valence-corrected chi connectivity index (χ3v) is 2.47. The van der Waals surface area contributed by atoms with Crippen LogP contribution in [0.5, 0.6) is 0 Å². The van der Waals surface area contributed by atoms with Crippen LogP contribution in [0.4, 0.5) is 0 Å². The van der Waals surface area contributed by atoms with Crippen LogP contribution in [0.25, 0.3) is 0 Å². The maximum Gasteiger partial charge on any atom is -0.0128 e. The van der Waals surface area contributed by atoms with Crippen LogP contribution >= 0.6 is 0 Å². The Balaban J connectivity index is 2.08. The van der Waals surface area contributed by atoms with Crippen molar-refractivity contribution in [2.45, 2.75) is 25.2 Å². The zero-order valence-corrected chi connectivity index (χ0v) is 7.24. The van der Waals surface area contributed by atoms with E-state index in [9.17, 15) is 0 Å². The van der Waals surface area contributed by atoms with E-state index in [4.69, 9.17) is 0 Å². The van der Waals surface area contributed by atoms with Gasteiger partial charge in [0.05, 0.1) is 0 Å². The fraction of sp³-hybridized carbons (Fsp3) is 0.333. The molecule has 1 unspecified atom stereocenters. The molecule has 1 saturated carbocycles. The van der Waals surface area contributed by atoms with Gasteiger partial charge in [-0.25, -0.2) is 0 Å². The van der Waals surface area contributed by atoms with Crippen LogP contribution in [0.1, 0.15) is 30.7 Å². The second-order valence-electron chi connectivity index (χ2n) is 3.35. The first kappa shape index (κ1) is 7.85. The van der Waals surface area contributed by atoms with E-state index >= 15 is 0 Å². The fourth-order valence-electron chi connectivity index (χ4n) is 1.78. The summed E-state index contributed by atoms with van der Waals surface area (Å²) in [5, 5.41) is 0. The van der Waals surface area contributed by atoms with E-state index in [2.05, 4.69) is 43.2 Å². The van der Waals surface area contributed by atoms with Crippen molar-refractivity contribution in [3.05, 3.63) is 48.7 Å². The summed E-state index contributed by atoms with van der Waals surface area (Å²) in [6.45, 7) is 0. The fourth-order valence-corrected chi connectivity index (χ4v) is 1.78. The van der Waals surface area contributed by atoms with Crippen molar-refractivity contribution in [1.82, 2.24) is 0 Å². The van der Waals surface area contributed by atoms with Crippen molar-refractivity contribution in [2.24, 2.45) is 0 Å². The molecule has 0 saturated heterocycles. The van der Waals surface area contributed by atoms with Crippen LogP contribution in [0.15, 0.2) is 30.3 Å². The zero-order chi connectivity index (χ0) is 8.23. The molecule has 0 spiro atoms. The minimum Gasteiger partial charge on any atom is -0.0622 e. The molecule has 1 aliphatic carbocycles. The molecular weight excluding hydrogens is 144 g/mol. The zero-order valence-electron chi connectivity index (χ0n) is 7.24. The van der Waals surface area contributed by atoms with Crippen LogP contribution in [0.2, 0.25) is 0 Å². The Bertz CT molecular complexity index is 219. The van der Waals surface area contributed by atoms with Gasteiger partial charge in [0.15, 0.2) is 0 Å². The minimum atomic E-state index is 0.681. The van der Waals surface area contributed by atoms with Gasteiger partial charge in [0.1, 0.15) is 0 Å². The summed E-state index contributed by atoms with van der Waals surface area (Å²) in [7, 11) is 0. The summed E-state index contributed by atoms with van der Waals surface area (Å²) in [4.78, 5) is 0. The van der Waals surface area contributed by atoms with Gasteiger partial charge in [-0.2, -0.15) is 0 Å². The Morgan fingerprint density at radius 1 is 1.00 bits per heavy atom. The van der Waals surface area contributed by atoms with Gasteiger partial charge in [-0.05, 0) is 43.6 Å². The molecule has 1 aromatic carbocycles. The Labute approximate surface area is 74.6 Å². The van der Waals surface area contributed by atoms with Crippen molar-refractivity contribution in [2.75, 3.05) is 0 Å². The average molecular weight is 158 g/mol. The Kier molecular flexibility index (Phi) is 2.45. The van der Waals surface area contributed by atoms with Gasteiger partial charge in [-0.1, -0.05) is 30.3 Å². The molecule has 0 amide bonds. The number of rotatable bonds is 1. The Hall–Kier alpha value is -0.780. The van der Waals surface area contributed by atoms with E-state index < -0.39 is 0 Å². The summed E-state index contributed by atoms with van der Waals surface area (Å²) in [6.07, 6.45) is 8.58. The number of hydrogen-bond acceptors (Lipinski definition) is 0. The molecule has 0 heteroatoms. The third kappa shape index (κ3) is 1.69. The van der Waals surface area contributed by atoms with Crippen molar-refractivity contribution >= 4 is 0 Å². The molecule has 1 atom stereocenters. The van der Waals surface area contributed by atoms with E-state index in [0.717, 1.165) is 0 Å². The van der Waals surface area contributed by atoms with Gasteiger partial charge in [-0.15, -0.1) is 0 Å². The molecule has 0 nitrogen and oxygen atoms in total. The van der Waals surface area contributed by atoms with Crippen LogP contribution in [-0.4, -0.2) is 0 Å². The highest BCUT2D eigenvalue weighted by Gasteiger charge is 2.14. The van der Waals surface area contributed by atoms with Crippen molar-refractivity contribution in [3.63, 3.8) is 0 Å². The molecule has 1 aliphatic rings. The lowest BCUT2D eigenvalue weighted by atomic mass is 9.84. The summed E-state index contributed by atoms with van der Waals surface area (Å²) in [5.41, 5.74) is 1.47. The van der Waals surface area contributed by atoms with Gasteiger partial charge in [0.2, 0.25) is 0 Å². The maximum absolute atomic E-state index is 2.44. The molecule has 12 heavy (non-hydrogen) atoms. The summed E-state index contributed by atoms with van der Waals surface area (Å²) in [6, 6.07) is 10.8. The summed E-state index contributed by atoms with van der Waals surface area (Å²) < 4.78 is 0. The molecule has 0 aromatic heterocycles. The predicted octanol–water partition coefficient (Wildman–Crippen LogP) is 3.36. The smallest absolute Gasteiger partial charge is 0.0128 e. The summed E-state index contributed by atoms with van der Waals surface area (Å²) in [5.74, 6) is 0.681. The number of benzene rings is 1. The lowest BCUT2D eigenvalue weighted by Gasteiger charge is -2.21. The van der Waals surface area contributed by atoms with Gasteiger partial charge < -0.3 is 0 Å².